The molecule has 1 saturated heterocycles. The number of hydrogen-bond donors (Lipinski definition) is 0. The van der Waals surface area contributed by atoms with E-state index in [1.165, 1.54) is 5.20 Å². The summed E-state index contributed by atoms with van der Waals surface area (Å²) in [5.74, 6) is -0.00672. The zero-order chi connectivity index (χ0) is 28.3. The van der Waals surface area contributed by atoms with E-state index in [0.717, 1.165) is 18.4 Å². The zero-order valence-electron chi connectivity index (χ0n) is 25.0. The Balaban J connectivity index is 1.88. The molecule has 1 aliphatic heterocycles. The van der Waals surface area contributed by atoms with Crippen LogP contribution in [0, 0.1) is 35.0 Å². The van der Waals surface area contributed by atoms with E-state index in [1.54, 1.807) is 19.2 Å². The van der Waals surface area contributed by atoms with Crippen molar-refractivity contribution < 1.29 is 26.5 Å². The molecule has 2 saturated carbocycles. The SMILES string of the molecule is COC12OCC3(C)C4CCC(C)C4(C([Si](C)(C)C)=C(OS(=O)(=O)c4ccc(C)cc4)C31C)C2O[Si](C)(C)C. The summed E-state index contributed by atoms with van der Waals surface area (Å²) in [5, 5.41) is 1.21. The quantitative estimate of drug-likeness (QED) is 0.272. The van der Waals surface area contributed by atoms with Crippen molar-refractivity contribution in [1.82, 2.24) is 0 Å². The van der Waals surface area contributed by atoms with Crippen LogP contribution >= 0.6 is 0 Å². The van der Waals surface area contributed by atoms with Crippen molar-refractivity contribution in [3.63, 3.8) is 0 Å². The largest absolute Gasteiger partial charge is 0.408 e. The highest BCUT2D eigenvalue weighted by Crippen LogP contribution is 2.83. The van der Waals surface area contributed by atoms with Crippen LogP contribution in [0.5, 0.6) is 0 Å². The third kappa shape index (κ3) is 3.35. The maximum absolute atomic E-state index is 14.0. The highest BCUT2D eigenvalue weighted by Gasteiger charge is 2.88. The molecule has 4 aliphatic carbocycles. The van der Waals surface area contributed by atoms with Gasteiger partial charge in [-0.15, -0.1) is 0 Å². The fourth-order valence-electron chi connectivity index (χ4n) is 8.86. The molecule has 38 heavy (non-hydrogen) atoms. The molecule has 9 heteroatoms. The molecular formula is C29H46O6SSi2. The van der Waals surface area contributed by atoms with Crippen molar-refractivity contribution in [3.05, 3.63) is 40.8 Å². The predicted octanol–water partition coefficient (Wildman–Crippen LogP) is 6.50. The summed E-state index contributed by atoms with van der Waals surface area (Å²) in [7, 11) is -6.65. The molecular weight excluding hydrogens is 533 g/mol. The van der Waals surface area contributed by atoms with Gasteiger partial charge in [0.25, 0.3) is 0 Å². The van der Waals surface area contributed by atoms with Crippen molar-refractivity contribution in [2.75, 3.05) is 13.7 Å². The van der Waals surface area contributed by atoms with Crippen LogP contribution in [0.2, 0.25) is 39.3 Å². The van der Waals surface area contributed by atoms with Gasteiger partial charge in [-0.1, -0.05) is 51.2 Å². The topological polar surface area (TPSA) is 71.1 Å². The summed E-state index contributed by atoms with van der Waals surface area (Å²) >= 11 is 0. The van der Waals surface area contributed by atoms with Crippen LogP contribution in [0.3, 0.4) is 0 Å². The summed E-state index contributed by atoms with van der Waals surface area (Å²) in [6, 6.07) is 6.90. The maximum Gasteiger partial charge on any atom is 0.338 e. The highest BCUT2D eigenvalue weighted by molar-refractivity contribution is 7.86. The molecule has 0 aromatic heterocycles. The van der Waals surface area contributed by atoms with Crippen LogP contribution < -0.4 is 0 Å². The summed E-state index contributed by atoms with van der Waals surface area (Å²) in [4.78, 5) is 0.170. The molecule has 6 nitrogen and oxygen atoms in total. The van der Waals surface area contributed by atoms with Gasteiger partial charge >= 0.3 is 10.1 Å². The molecule has 0 amide bonds. The van der Waals surface area contributed by atoms with E-state index in [-0.39, 0.29) is 22.3 Å². The van der Waals surface area contributed by atoms with Gasteiger partial charge in [0.15, 0.2) is 8.32 Å². The predicted molar refractivity (Wildman–Crippen MR) is 154 cm³/mol. The number of rotatable bonds is 7. The Morgan fingerprint density at radius 2 is 1.61 bits per heavy atom. The van der Waals surface area contributed by atoms with Gasteiger partial charge in [-0.2, -0.15) is 8.42 Å². The first kappa shape index (κ1) is 28.5. The average molecular weight is 579 g/mol. The van der Waals surface area contributed by atoms with Gasteiger partial charge in [0.2, 0.25) is 5.79 Å². The summed E-state index contributed by atoms with van der Waals surface area (Å²) < 4.78 is 54.9. The minimum atomic E-state index is -4.09. The molecule has 3 fully saturated rings. The average Bonchev–Trinajstić information content (AvgIpc) is 3.22. The minimum Gasteiger partial charge on any atom is -0.408 e. The normalized spacial score (nSPS) is 40.6. The lowest BCUT2D eigenvalue weighted by atomic mass is 9.39. The monoisotopic (exact) mass is 578 g/mol. The number of hydrogen-bond acceptors (Lipinski definition) is 6. The molecule has 0 N–H and O–H groups in total. The first-order valence-electron chi connectivity index (χ1n) is 14.0. The number of methoxy groups -OCH3 is 1. The van der Waals surface area contributed by atoms with Gasteiger partial charge < -0.3 is 18.1 Å². The molecule has 7 atom stereocenters. The van der Waals surface area contributed by atoms with Crippen LogP contribution in [-0.4, -0.2) is 50.4 Å². The first-order chi connectivity index (χ1) is 17.3. The second-order valence-electron chi connectivity index (χ2n) is 14.6. The first-order valence-corrected chi connectivity index (χ1v) is 22.3. The van der Waals surface area contributed by atoms with Crippen molar-refractivity contribution in [3.8, 4) is 0 Å². The van der Waals surface area contributed by atoms with Crippen molar-refractivity contribution in [2.24, 2.45) is 28.1 Å². The van der Waals surface area contributed by atoms with Gasteiger partial charge in [-0.05, 0) is 75.5 Å². The molecule has 0 radical (unpaired) electrons. The smallest absolute Gasteiger partial charge is 0.338 e. The lowest BCUT2D eigenvalue weighted by Crippen LogP contribution is -2.78. The third-order valence-corrected chi connectivity index (χ3v) is 14.7. The van der Waals surface area contributed by atoms with Crippen LogP contribution in [-0.2, 0) is 28.2 Å². The van der Waals surface area contributed by atoms with E-state index in [1.807, 2.05) is 19.1 Å². The Labute approximate surface area is 231 Å². The lowest BCUT2D eigenvalue weighted by molar-refractivity contribution is -0.337. The Bertz CT molecular complexity index is 1280. The van der Waals surface area contributed by atoms with Gasteiger partial charge in [-0.25, -0.2) is 0 Å². The van der Waals surface area contributed by atoms with E-state index in [0.29, 0.717) is 18.3 Å². The van der Waals surface area contributed by atoms with E-state index < -0.39 is 43.1 Å². The van der Waals surface area contributed by atoms with E-state index in [2.05, 4.69) is 60.1 Å². The van der Waals surface area contributed by atoms with Gasteiger partial charge in [0.05, 0.1) is 20.1 Å². The van der Waals surface area contributed by atoms with E-state index in [9.17, 15) is 8.42 Å². The molecule has 5 aliphatic rings. The standard InChI is InChI=1S/C29H46O6SSi2/c1-19-12-15-21(16-13-19)36(30,31)34-23-24(37(6,7)8)28-20(2)14-17-22(28)26(3)18-33-29(32-5,27(23,26)4)25(28)35-38(9,10)11/h12-13,15-16,20,22,25H,14,17-18H2,1-11H3. The Kier molecular flexibility index (Phi) is 6.23. The Hall–Kier alpha value is -0.976. The molecule has 4 bridgehead atoms. The second-order valence-corrected chi connectivity index (χ2v) is 25.6. The lowest BCUT2D eigenvalue weighted by Gasteiger charge is -2.71. The summed E-state index contributed by atoms with van der Waals surface area (Å²) in [6.45, 7) is 22.8. The van der Waals surface area contributed by atoms with Gasteiger partial charge in [0.1, 0.15) is 16.8 Å². The van der Waals surface area contributed by atoms with Crippen LogP contribution in [0.4, 0.5) is 0 Å². The molecule has 7 unspecified atom stereocenters. The van der Waals surface area contributed by atoms with E-state index in [4.69, 9.17) is 18.1 Å². The fourth-order valence-corrected chi connectivity index (χ4v) is 13.9. The minimum absolute atomic E-state index is 0.170. The maximum atomic E-state index is 14.0. The highest BCUT2D eigenvalue weighted by atomic mass is 32.2. The molecule has 212 valence electrons. The third-order valence-electron chi connectivity index (χ3n) is 10.4. The van der Waals surface area contributed by atoms with Crippen molar-refractivity contribution in [2.45, 2.75) is 96.6 Å². The van der Waals surface area contributed by atoms with Crippen molar-refractivity contribution in [1.29, 1.82) is 0 Å². The van der Waals surface area contributed by atoms with Gasteiger partial charge in [0, 0.05) is 17.9 Å². The van der Waals surface area contributed by atoms with Crippen LogP contribution in [0.25, 0.3) is 0 Å². The number of aryl methyl sites for hydroxylation is 1. The summed E-state index contributed by atoms with van der Waals surface area (Å²) in [5.41, 5.74) is -0.626. The van der Waals surface area contributed by atoms with Crippen LogP contribution in [0.15, 0.2) is 40.1 Å². The zero-order valence-corrected chi connectivity index (χ0v) is 27.8. The fraction of sp³-hybridized carbons (Fsp3) is 0.724. The number of benzene rings is 1. The molecule has 1 aromatic carbocycles. The van der Waals surface area contributed by atoms with Gasteiger partial charge in [-0.3, -0.25) is 0 Å². The molecule has 1 spiro atoms. The molecule has 1 aromatic rings. The van der Waals surface area contributed by atoms with Crippen molar-refractivity contribution >= 4 is 26.5 Å². The second kappa shape index (κ2) is 8.29. The Morgan fingerprint density at radius 3 is 2.13 bits per heavy atom. The number of ether oxygens (including phenoxy) is 2. The molecule has 6 rings (SSSR count). The Morgan fingerprint density at radius 1 is 1.00 bits per heavy atom. The molecule has 1 heterocycles. The summed E-state index contributed by atoms with van der Waals surface area (Å²) in [6.07, 6.45) is 1.80. The van der Waals surface area contributed by atoms with Crippen LogP contribution in [0.1, 0.15) is 39.2 Å². The van der Waals surface area contributed by atoms with E-state index >= 15 is 0 Å².